The van der Waals surface area contributed by atoms with Gasteiger partial charge in [0, 0.05) is 22.3 Å². The zero-order valence-electron chi connectivity index (χ0n) is 22.5. The molecule has 0 spiro atoms. The highest BCUT2D eigenvalue weighted by atomic mass is 35.5. The first-order valence-electron chi connectivity index (χ1n) is 13.1. The van der Waals surface area contributed by atoms with Crippen molar-refractivity contribution < 1.29 is 14.3 Å². The van der Waals surface area contributed by atoms with Crippen LogP contribution in [0.2, 0.25) is 5.02 Å². The van der Waals surface area contributed by atoms with Gasteiger partial charge in [-0.2, -0.15) is 10.4 Å². The van der Waals surface area contributed by atoms with E-state index < -0.39 is 5.97 Å². The lowest BCUT2D eigenvalue weighted by molar-refractivity contribution is 0.0600. The molecule has 4 aromatic carbocycles. The number of nitrogens with zero attached hydrogens (tertiary/aromatic N) is 4. The molecule has 0 N–H and O–H groups in total. The van der Waals surface area contributed by atoms with Gasteiger partial charge in [-0.25, -0.2) is 14.3 Å². The second-order valence-corrected chi connectivity index (χ2v) is 9.91. The number of methoxy groups -OCH3 is 1. The molecule has 0 saturated carbocycles. The summed E-state index contributed by atoms with van der Waals surface area (Å²) in [6, 6.07) is 32.7. The Morgan fingerprint density at radius 2 is 1.60 bits per heavy atom. The summed E-state index contributed by atoms with van der Waals surface area (Å²) in [5.74, 6) is 0.243. The van der Waals surface area contributed by atoms with Gasteiger partial charge in [-0.3, -0.25) is 0 Å². The number of halogens is 1. The van der Waals surface area contributed by atoms with Crippen molar-refractivity contribution in [3.8, 4) is 45.3 Å². The first-order valence-corrected chi connectivity index (χ1v) is 13.5. The van der Waals surface area contributed by atoms with Crippen molar-refractivity contribution in [3.63, 3.8) is 0 Å². The number of nitriles is 1. The van der Waals surface area contributed by atoms with Crippen LogP contribution in [0.4, 0.5) is 0 Å². The highest BCUT2D eigenvalue weighted by Gasteiger charge is 2.17. The number of ether oxygens (including phenoxy) is 2. The minimum Gasteiger partial charge on any atom is -0.489 e. The lowest BCUT2D eigenvalue weighted by Crippen LogP contribution is -2.05. The molecule has 8 heteroatoms. The molecule has 6 rings (SSSR count). The van der Waals surface area contributed by atoms with E-state index in [0.717, 1.165) is 39.1 Å². The van der Waals surface area contributed by atoms with E-state index in [0.29, 0.717) is 27.5 Å². The van der Waals surface area contributed by atoms with Crippen LogP contribution in [0.5, 0.6) is 5.75 Å². The summed E-state index contributed by atoms with van der Waals surface area (Å²) in [6.07, 6.45) is 3.30. The largest absolute Gasteiger partial charge is 0.489 e. The van der Waals surface area contributed by atoms with Gasteiger partial charge in [-0.1, -0.05) is 72.3 Å². The van der Waals surface area contributed by atoms with Gasteiger partial charge in [0.1, 0.15) is 24.0 Å². The topological polar surface area (TPSA) is 89.5 Å². The fourth-order valence-electron chi connectivity index (χ4n) is 4.86. The van der Waals surface area contributed by atoms with Gasteiger partial charge < -0.3 is 9.47 Å². The summed E-state index contributed by atoms with van der Waals surface area (Å²) in [4.78, 5) is 16.8. The van der Waals surface area contributed by atoms with Gasteiger partial charge in [0.2, 0.25) is 0 Å². The number of carbonyl (C=O) groups is 1. The van der Waals surface area contributed by atoms with Gasteiger partial charge in [-0.05, 0) is 58.7 Å². The standard InChI is InChI=1S/C34H23ClN4O3/c1-41-34(40)25-11-16-30(22-7-12-28(35)13-8-22)26(17-25)21-42-29-14-9-23(10-15-29)31-20-37-33-27(18-36)19-38-39(33)32(31)24-5-3-2-4-6-24/h2-17,19-20H,21H2,1H3. The van der Waals surface area contributed by atoms with E-state index in [2.05, 4.69) is 16.2 Å². The second kappa shape index (κ2) is 11.6. The van der Waals surface area contributed by atoms with Crippen molar-refractivity contribution in [3.05, 3.63) is 131 Å². The Labute approximate surface area is 247 Å². The van der Waals surface area contributed by atoms with E-state index in [1.165, 1.54) is 13.3 Å². The third kappa shape index (κ3) is 5.19. The van der Waals surface area contributed by atoms with Crippen molar-refractivity contribution in [1.29, 1.82) is 5.26 Å². The predicted molar refractivity (Wildman–Crippen MR) is 161 cm³/mol. The van der Waals surface area contributed by atoms with E-state index in [-0.39, 0.29) is 6.61 Å². The highest BCUT2D eigenvalue weighted by molar-refractivity contribution is 6.30. The molecule has 204 valence electrons. The van der Waals surface area contributed by atoms with Gasteiger partial charge in [0.05, 0.1) is 24.6 Å². The molecule has 6 aromatic rings. The third-order valence-electron chi connectivity index (χ3n) is 6.94. The molecule has 0 radical (unpaired) electrons. The molecule has 0 aliphatic carbocycles. The number of rotatable bonds is 7. The Kier molecular flexibility index (Phi) is 7.37. The van der Waals surface area contributed by atoms with Crippen molar-refractivity contribution >= 4 is 23.2 Å². The van der Waals surface area contributed by atoms with Gasteiger partial charge in [0.15, 0.2) is 5.65 Å². The van der Waals surface area contributed by atoms with Crippen LogP contribution in [0.25, 0.3) is 39.2 Å². The van der Waals surface area contributed by atoms with Crippen LogP contribution in [-0.2, 0) is 11.3 Å². The number of aromatic nitrogens is 3. The van der Waals surface area contributed by atoms with Crippen LogP contribution in [0.15, 0.2) is 109 Å². The quantitative estimate of drug-likeness (QED) is 0.183. The molecule has 2 heterocycles. The van der Waals surface area contributed by atoms with E-state index in [9.17, 15) is 10.1 Å². The molecule has 0 aliphatic heterocycles. The first-order chi connectivity index (χ1) is 20.6. The number of carbonyl (C=O) groups excluding carboxylic acids is 1. The Morgan fingerprint density at radius 3 is 2.31 bits per heavy atom. The number of fused-ring (bicyclic) bond motifs is 1. The molecule has 7 nitrogen and oxygen atoms in total. The third-order valence-corrected chi connectivity index (χ3v) is 7.19. The zero-order chi connectivity index (χ0) is 29.1. The average molecular weight is 571 g/mol. The average Bonchev–Trinajstić information content (AvgIpc) is 3.47. The van der Waals surface area contributed by atoms with Crippen LogP contribution >= 0.6 is 11.6 Å². The molecule has 0 bridgehead atoms. The summed E-state index contributed by atoms with van der Waals surface area (Å²) in [7, 11) is 1.36. The van der Waals surface area contributed by atoms with Crippen LogP contribution in [0, 0.1) is 11.3 Å². The minimum absolute atomic E-state index is 0.231. The molecule has 0 saturated heterocycles. The molecule has 0 amide bonds. The summed E-state index contributed by atoms with van der Waals surface area (Å²) >= 11 is 6.10. The molecule has 0 unspecified atom stereocenters. The second-order valence-electron chi connectivity index (χ2n) is 9.48. The monoisotopic (exact) mass is 570 g/mol. The fraction of sp³-hybridized carbons (Fsp3) is 0.0588. The van der Waals surface area contributed by atoms with Crippen LogP contribution in [-0.4, -0.2) is 27.7 Å². The highest BCUT2D eigenvalue weighted by Crippen LogP contribution is 2.34. The smallest absolute Gasteiger partial charge is 0.337 e. The van der Waals surface area contributed by atoms with Crippen LogP contribution in [0.3, 0.4) is 0 Å². The lowest BCUT2D eigenvalue weighted by Gasteiger charge is -2.14. The summed E-state index contributed by atoms with van der Waals surface area (Å²) in [6.45, 7) is 0.231. The number of benzene rings is 4. The van der Waals surface area contributed by atoms with Gasteiger partial charge in [0.25, 0.3) is 0 Å². The Morgan fingerprint density at radius 1 is 0.881 bits per heavy atom. The maximum Gasteiger partial charge on any atom is 0.337 e. The maximum absolute atomic E-state index is 12.2. The zero-order valence-corrected chi connectivity index (χ0v) is 23.2. The molecule has 0 fully saturated rings. The van der Waals surface area contributed by atoms with Crippen molar-refractivity contribution in [2.45, 2.75) is 6.61 Å². The molecule has 2 aromatic heterocycles. The Hall–Kier alpha value is -5.45. The SMILES string of the molecule is COC(=O)c1ccc(-c2ccc(Cl)cc2)c(COc2ccc(-c3cnc4c(C#N)cnn4c3-c3ccccc3)cc2)c1. The van der Waals surface area contributed by atoms with Crippen molar-refractivity contribution in [2.75, 3.05) is 7.11 Å². The Balaban J connectivity index is 1.32. The van der Waals surface area contributed by atoms with E-state index in [1.807, 2.05) is 84.9 Å². The molecular formula is C34H23ClN4O3. The molecule has 42 heavy (non-hydrogen) atoms. The summed E-state index contributed by atoms with van der Waals surface area (Å²) in [5, 5.41) is 14.6. The fourth-order valence-corrected chi connectivity index (χ4v) is 4.98. The summed E-state index contributed by atoms with van der Waals surface area (Å²) in [5.41, 5.74) is 7.65. The molecule has 0 atom stereocenters. The maximum atomic E-state index is 12.2. The lowest BCUT2D eigenvalue weighted by atomic mass is 9.98. The van der Waals surface area contributed by atoms with Crippen LogP contribution in [0.1, 0.15) is 21.5 Å². The van der Waals surface area contributed by atoms with Gasteiger partial charge in [-0.15, -0.1) is 0 Å². The van der Waals surface area contributed by atoms with E-state index >= 15 is 0 Å². The minimum atomic E-state index is -0.415. The number of esters is 1. The van der Waals surface area contributed by atoms with Crippen LogP contribution < -0.4 is 4.74 Å². The van der Waals surface area contributed by atoms with Crippen molar-refractivity contribution in [2.24, 2.45) is 0 Å². The van der Waals surface area contributed by atoms with Gasteiger partial charge >= 0.3 is 5.97 Å². The van der Waals surface area contributed by atoms with E-state index in [1.54, 1.807) is 22.8 Å². The molecular weight excluding hydrogens is 548 g/mol. The predicted octanol–water partition coefficient (Wildman–Crippen LogP) is 7.62. The number of hydrogen-bond donors (Lipinski definition) is 0. The number of hydrogen-bond acceptors (Lipinski definition) is 6. The molecule has 0 aliphatic rings. The van der Waals surface area contributed by atoms with Crippen molar-refractivity contribution in [1.82, 2.24) is 14.6 Å². The Bertz CT molecular complexity index is 1940. The first kappa shape index (κ1) is 26.8. The summed E-state index contributed by atoms with van der Waals surface area (Å²) < 4.78 is 12.8. The normalized spacial score (nSPS) is 10.8. The van der Waals surface area contributed by atoms with E-state index in [4.69, 9.17) is 21.1 Å².